The number of carbonyl (C=O) groups is 4. The summed E-state index contributed by atoms with van der Waals surface area (Å²) in [5.74, 6) is -1.40. The Labute approximate surface area is 244 Å². The zero-order chi connectivity index (χ0) is 30.7. The van der Waals surface area contributed by atoms with Crippen molar-refractivity contribution in [3.63, 3.8) is 0 Å². The molecule has 1 aromatic carbocycles. The van der Waals surface area contributed by atoms with E-state index in [2.05, 4.69) is 0 Å². The Morgan fingerprint density at radius 1 is 0.829 bits per heavy atom. The third-order valence-corrected chi connectivity index (χ3v) is 6.45. The number of esters is 3. The van der Waals surface area contributed by atoms with Crippen LogP contribution in [0.4, 0.5) is 4.79 Å². The molecule has 10 nitrogen and oxygen atoms in total. The standard InChI is InChI=1S/C31H49NO9/c1-6-9-12-15-27(33)40-25-18-17-24(20-26(25)41-28(34)16-13-10-7-2)22-31(32,29(35)37-5)21-23(4)39-30(36)38-19-14-11-8-3/h17-18,20,23H,6-16,19,21-22,32H2,1-5H3/t23-,31?/m0/s1. The predicted molar refractivity (Wildman–Crippen MR) is 155 cm³/mol. The molecule has 0 radical (unpaired) electrons. The Kier molecular flexibility index (Phi) is 17.4. The molecular formula is C31H49NO9. The van der Waals surface area contributed by atoms with Crippen molar-refractivity contribution in [3.05, 3.63) is 23.8 Å². The van der Waals surface area contributed by atoms with E-state index >= 15 is 0 Å². The summed E-state index contributed by atoms with van der Waals surface area (Å²) in [6.45, 7) is 7.98. The highest BCUT2D eigenvalue weighted by molar-refractivity contribution is 5.81. The summed E-state index contributed by atoms with van der Waals surface area (Å²) in [7, 11) is 1.22. The minimum absolute atomic E-state index is 0.0238. The number of carbonyl (C=O) groups excluding carboxylic acids is 4. The van der Waals surface area contributed by atoms with Crippen LogP contribution in [-0.4, -0.2) is 49.4 Å². The van der Waals surface area contributed by atoms with Crippen LogP contribution >= 0.6 is 0 Å². The van der Waals surface area contributed by atoms with Gasteiger partial charge in [0.2, 0.25) is 0 Å². The zero-order valence-electron chi connectivity index (χ0n) is 25.5. The SMILES string of the molecule is CCCCCOC(=O)O[C@@H](C)CC(N)(Cc1ccc(OC(=O)CCCCC)c(OC(=O)CCCCC)c1)C(=O)OC. The molecule has 0 fully saturated rings. The minimum Gasteiger partial charge on any atom is -0.468 e. The summed E-state index contributed by atoms with van der Waals surface area (Å²) >= 11 is 0. The second-order valence-corrected chi connectivity index (χ2v) is 10.4. The van der Waals surface area contributed by atoms with Crippen molar-refractivity contribution >= 4 is 24.1 Å². The number of unbranched alkanes of at least 4 members (excludes halogenated alkanes) is 6. The lowest BCUT2D eigenvalue weighted by Crippen LogP contribution is -2.53. The van der Waals surface area contributed by atoms with Crippen molar-refractivity contribution in [2.45, 2.75) is 123 Å². The van der Waals surface area contributed by atoms with Gasteiger partial charge in [0, 0.05) is 25.7 Å². The van der Waals surface area contributed by atoms with Crippen molar-refractivity contribution in [3.8, 4) is 11.5 Å². The van der Waals surface area contributed by atoms with E-state index < -0.39 is 35.7 Å². The van der Waals surface area contributed by atoms with Crippen LogP contribution in [0.25, 0.3) is 0 Å². The number of benzene rings is 1. The maximum Gasteiger partial charge on any atom is 0.508 e. The molecule has 0 heterocycles. The largest absolute Gasteiger partial charge is 0.508 e. The summed E-state index contributed by atoms with van der Waals surface area (Å²) in [5.41, 5.74) is 5.48. The number of methoxy groups -OCH3 is 1. The monoisotopic (exact) mass is 579 g/mol. The van der Waals surface area contributed by atoms with Crippen LogP contribution in [0, 0.1) is 0 Å². The molecule has 10 heteroatoms. The smallest absolute Gasteiger partial charge is 0.468 e. The Hall–Kier alpha value is -3.14. The van der Waals surface area contributed by atoms with Gasteiger partial charge in [0.1, 0.15) is 11.6 Å². The molecule has 0 spiro atoms. The lowest BCUT2D eigenvalue weighted by molar-refractivity contribution is -0.148. The quantitative estimate of drug-likeness (QED) is 0.108. The molecule has 1 unspecified atom stereocenters. The fourth-order valence-electron chi connectivity index (χ4n) is 4.27. The fraction of sp³-hybridized carbons (Fsp3) is 0.677. The first-order valence-corrected chi connectivity index (χ1v) is 14.8. The molecule has 1 rings (SSSR count). The van der Waals surface area contributed by atoms with E-state index in [0.717, 1.165) is 44.9 Å². The summed E-state index contributed by atoms with van der Waals surface area (Å²) in [6, 6.07) is 4.69. The molecule has 0 aliphatic rings. The number of hydrogen-bond donors (Lipinski definition) is 1. The van der Waals surface area contributed by atoms with Crippen LogP contribution in [0.1, 0.15) is 110 Å². The Morgan fingerprint density at radius 3 is 1.95 bits per heavy atom. The van der Waals surface area contributed by atoms with Crippen LogP contribution in [0.5, 0.6) is 11.5 Å². The van der Waals surface area contributed by atoms with E-state index in [1.54, 1.807) is 13.0 Å². The first kappa shape index (κ1) is 35.9. The minimum atomic E-state index is -1.57. The van der Waals surface area contributed by atoms with Crippen LogP contribution < -0.4 is 15.2 Å². The molecule has 0 amide bonds. The van der Waals surface area contributed by atoms with Crippen molar-refractivity contribution in [1.29, 1.82) is 0 Å². The molecule has 0 saturated heterocycles. The second kappa shape index (κ2) is 19.9. The normalized spacial score (nSPS) is 13.0. The molecule has 0 aromatic heterocycles. The van der Waals surface area contributed by atoms with Crippen LogP contribution in [0.2, 0.25) is 0 Å². The Bertz CT molecular complexity index is 965. The molecule has 0 aliphatic carbocycles. The fourth-order valence-corrected chi connectivity index (χ4v) is 4.27. The van der Waals surface area contributed by atoms with Crippen LogP contribution in [0.3, 0.4) is 0 Å². The molecule has 2 atom stereocenters. The maximum absolute atomic E-state index is 12.8. The third kappa shape index (κ3) is 14.4. The van der Waals surface area contributed by atoms with Gasteiger partial charge in [0.05, 0.1) is 13.7 Å². The number of ether oxygens (including phenoxy) is 5. The van der Waals surface area contributed by atoms with Gasteiger partial charge in [-0.15, -0.1) is 0 Å². The Morgan fingerprint density at radius 2 is 1.39 bits per heavy atom. The lowest BCUT2D eigenvalue weighted by atomic mass is 9.86. The van der Waals surface area contributed by atoms with Gasteiger partial charge in [0.15, 0.2) is 11.5 Å². The first-order valence-electron chi connectivity index (χ1n) is 14.8. The molecular weight excluding hydrogens is 530 g/mol. The van der Waals surface area contributed by atoms with Gasteiger partial charge >= 0.3 is 24.1 Å². The zero-order valence-corrected chi connectivity index (χ0v) is 25.5. The Balaban J connectivity index is 3.10. The van der Waals surface area contributed by atoms with Crippen LogP contribution in [-0.2, 0) is 35.0 Å². The second-order valence-electron chi connectivity index (χ2n) is 10.4. The van der Waals surface area contributed by atoms with Crippen molar-refractivity contribution in [1.82, 2.24) is 0 Å². The highest BCUT2D eigenvalue weighted by atomic mass is 16.7. The molecule has 232 valence electrons. The van der Waals surface area contributed by atoms with Gasteiger partial charge in [-0.2, -0.15) is 0 Å². The van der Waals surface area contributed by atoms with E-state index in [1.807, 2.05) is 20.8 Å². The van der Waals surface area contributed by atoms with E-state index in [-0.39, 0.29) is 43.8 Å². The number of rotatable bonds is 20. The summed E-state index contributed by atoms with van der Waals surface area (Å²) < 4.78 is 26.5. The lowest BCUT2D eigenvalue weighted by Gasteiger charge is -2.29. The third-order valence-electron chi connectivity index (χ3n) is 6.45. The van der Waals surface area contributed by atoms with Crippen molar-refractivity contribution in [2.24, 2.45) is 5.73 Å². The molecule has 0 aliphatic heterocycles. The molecule has 0 saturated carbocycles. The predicted octanol–water partition coefficient (Wildman–Crippen LogP) is 6.19. The highest BCUT2D eigenvalue weighted by Gasteiger charge is 2.38. The summed E-state index contributed by atoms with van der Waals surface area (Å²) in [6.07, 6.45) is 6.54. The average Bonchev–Trinajstić information content (AvgIpc) is 2.92. The van der Waals surface area contributed by atoms with E-state index in [4.69, 9.17) is 29.4 Å². The van der Waals surface area contributed by atoms with Gasteiger partial charge < -0.3 is 29.4 Å². The first-order chi connectivity index (χ1) is 19.6. The molecule has 41 heavy (non-hydrogen) atoms. The average molecular weight is 580 g/mol. The van der Waals surface area contributed by atoms with E-state index in [9.17, 15) is 19.2 Å². The molecule has 1 aromatic rings. The van der Waals surface area contributed by atoms with Gasteiger partial charge in [-0.1, -0.05) is 65.4 Å². The molecule has 2 N–H and O–H groups in total. The van der Waals surface area contributed by atoms with Gasteiger partial charge in [-0.25, -0.2) is 4.79 Å². The van der Waals surface area contributed by atoms with Crippen molar-refractivity contribution in [2.75, 3.05) is 13.7 Å². The highest BCUT2D eigenvalue weighted by Crippen LogP contribution is 2.32. The number of nitrogens with two attached hydrogens (primary N) is 1. The topological polar surface area (TPSA) is 140 Å². The van der Waals surface area contributed by atoms with Crippen LogP contribution in [0.15, 0.2) is 18.2 Å². The van der Waals surface area contributed by atoms with E-state index in [0.29, 0.717) is 18.4 Å². The van der Waals surface area contributed by atoms with Gasteiger partial charge in [0.25, 0.3) is 0 Å². The number of hydrogen-bond acceptors (Lipinski definition) is 10. The van der Waals surface area contributed by atoms with Gasteiger partial charge in [-0.05, 0) is 43.9 Å². The summed E-state index contributed by atoms with van der Waals surface area (Å²) in [5, 5.41) is 0. The summed E-state index contributed by atoms with van der Waals surface area (Å²) in [4.78, 5) is 49.8. The maximum atomic E-state index is 12.8. The van der Waals surface area contributed by atoms with E-state index in [1.165, 1.54) is 19.2 Å². The molecule has 0 bridgehead atoms. The van der Waals surface area contributed by atoms with Crippen molar-refractivity contribution < 1.29 is 42.9 Å². The van der Waals surface area contributed by atoms with Gasteiger partial charge in [-0.3, -0.25) is 14.4 Å².